The van der Waals surface area contributed by atoms with E-state index < -0.39 is 0 Å². The Bertz CT molecular complexity index is 1050. The third kappa shape index (κ3) is 3.36. The highest BCUT2D eigenvalue weighted by Gasteiger charge is 2.29. The van der Waals surface area contributed by atoms with Gasteiger partial charge < -0.3 is 19.1 Å². The maximum atomic E-state index is 5.74. The number of aryl methyl sites for hydroxylation is 2. The number of rotatable bonds is 4. The summed E-state index contributed by atoms with van der Waals surface area (Å²) in [4.78, 5) is 19.8. The van der Waals surface area contributed by atoms with Crippen LogP contribution in [-0.4, -0.2) is 70.4 Å². The number of likely N-dealkylation sites (N-methyl/N-ethyl adjacent to an activating group) is 1. The number of anilines is 1. The summed E-state index contributed by atoms with van der Waals surface area (Å²) in [6.45, 7) is 13.0. The van der Waals surface area contributed by atoms with Gasteiger partial charge >= 0.3 is 0 Å². The van der Waals surface area contributed by atoms with Crippen LogP contribution in [-0.2, 0) is 4.74 Å². The fourth-order valence-corrected chi connectivity index (χ4v) is 4.65. The Morgan fingerprint density at radius 2 is 1.83 bits per heavy atom. The molecule has 2 saturated heterocycles. The zero-order chi connectivity index (χ0) is 20.7. The standard InChI is InChI=1S/C23H30N6O/c1-4-27-10-12-28(13-11-27)22-20-23(25-17(3)24-22)29(18-9-14-30-15-18)21(26-20)19-8-6-5-7-16(19)2/h5-8,18H,4,9-15H2,1-3H3. The molecule has 0 radical (unpaired) electrons. The van der Waals surface area contributed by atoms with E-state index in [4.69, 9.17) is 19.7 Å². The summed E-state index contributed by atoms with van der Waals surface area (Å²) in [6.07, 6.45) is 0.984. The molecule has 1 atom stereocenters. The molecule has 7 heteroatoms. The molecule has 3 aromatic rings. The minimum atomic E-state index is 0.253. The van der Waals surface area contributed by atoms with Crippen LogP contribution in [0.5, 0.6) is 0 Å². The van der Waals surface area contributed by atoms with Crippen molar-refractivity contribution in [2.24, 2.45) is 0 Å². The zero-order valence-corrected chi connectivity index (χ0v) is 18.1. The van der Waals surface area contributed by atoms with Crippen molar-refractivity contribution >= 4 is 17.0 Å². The second-order valence-corrected chi connectivity index (χ2v) is 8.33. The molecular weight excluding hydrogens is 376 g/mol. The Morgan fingerprint density at radius 3 is 2.53 bits per heavy atom. The van der Waals surface area contributed by atoms with Gasteiger partial charge in [0.15, 0.2) is 17.0 Å². The lowest BCUT2D eigenvalue weighted by atomic mass is 10.1. The second-order valence-electron chi connectivity index (χ2n) is 8.33. The van der Waals surface area contributed by atoms with Gasteiger partial charge in [-0.05, 0) is 32.4 Å². The van der Waals surface area contributed by atoms with Gasteiger partial charge in [-0.15, -0.1) is 0 Å². The van der Waals surface area contributed by atoms with Gasteiger partial charge in [0.2, 0.25) is 0 Å². The van der Waals surface area contributed by atoms with Crippen molar-refractivity contribution in [1.82, 2.24) is 24.4 Å². The van der Waals surface area contributed by atoms with E-state index in [2.05, 4.69) is 52.5 Å². The molecule has 2 aliphatic heterocycles. The predicted molar refractivity (Wildman–Crippen MR) is 119 cm³/mol. The summed E-state index contributed by atoms with van der Waals surface area (Å²) in [5.41, 5.74) is 4.22. The van der Waals surface area contributed by atoms with Gasteiger partial charge in [-0.2, -0.15) is 0 Å². The van der Waals surface area contributed by atoms with Crippen LogP contribution in [0.1, 0.15) is 30.8 Å². The average molecular weight is 407 g/mol. The summed E-state index contributed by atoms with van der Waals surface area (Å²) in [5.74, 6) is 2.75. The minimum absolute atomic E-state index is 0.253. The molecule has 0 N–H and O–H groups in total. The molecule has 0 aliphatic carbocycles. The van der Waals surface area contributed by atoms with Crippen LogP contribution in [0.2, 0.25) is 0 Å². The second kappa shape index (κ2) is 7.96. The van der Waals surface area contributed by atoms with E-state index in [1.165, 1.54) is 5.56 Å². The van der Waals surface area contributed by atoms with Gasteiger partial charge in [-0.1, -0.05) is 31.2 Å². The molecule has 2 aliphatic rings. The smallest absolute Gasteiger partial charge is 0.166 e. The fourth-order valence-electron chi connectivity index (χ4n) is 4.65. The van der Waals surface area contributed by atoms with E-state index in [9.17, 15) is 0 Å². The lowest BCUT2D eigenvalue weighted by Crippen LogP contribution is -2.46. The molecule has 0 amide bonds. The Labute approximate surface area is 177 Å². The van der Waals surface area contributed by atoms with E-state index in [-0.39, 0.29) is 6.04 Å². The predicted octanol–water partition coefficient (Wildman–Crippen LogP) is 3.21. The van der Waals surface area contributed by atoms with E-state index in [0.29, 0.717) is 6.61 Å². The van der Waals surface area contributed by atoms with Gasteiger partial charge in [-0.3, -0.25) is 0 Å². The van der Waals surface area contributed by atoms with Crippen LogP contribution in [0.15, 0.2) is 24.3 Å². The highest BCUT2D eigenvalue weighted by atomic mass is 16.5. The summed E-state index contributed by atoms with van der Waals surface area (Å²) in [5, 5.41) is 0. The Morgan fingerprint density at radius 1 is 1.03 bits per heavy atom. The summed E-state index contributed by atoms with van der Waals surface area (Å²) in [6, 6.07) is 8.71. The SMILES string of the molecule is CCN1CCN(c2nc(C)nc3c2nc(-c2ccccc2C)n3C2CCOC2)CC1. The number of benzene rings is 1. The number of aromatic nitrogens is 4. The quantitative estimate of drug-likeness (QED) is 0.663. The van der Waals surface area contributed by atoms with Crippen LogP contribution < -0.4 is 4.90 Å². The topological polar surface area (TPSA) is 59.3 Å². The molecular formula is C23H30N6O. The highest BCUT2D eigenvalue weighted by Crippen LogP contribution is 2.35. The Hall–Kier alpha value is -2.51. The molecule has 0 spiro atoms. The van der Waals surface area contributed by atoms with Crippen molar-refractivity contribution in [2.45, 2.75) is 33.2 Å². The van der Waals surface area contributed by atoms with E-state index in [1.54, 1.807) is 0 Å². The molecule has 5 rings (SSSR count). The van der Waals surface area contributed by atoms with E-state index >= 15 is 0 Å². The third-order valence-corrected chi connectivity index (χ3v) is 6.41. The molecule has 0 bridgehead atoms. The molecule has 2 aromatic heterocycles. The van der Waals surface area contributed by atoms with Crippen molar-refractivity contribution in [3.05, 3.63) is 35.7 Å². The lowest BCUT2D eigenvalue weighted by Gasteiger charge is -2.34. The Kier molecular flexibility index (Phi) is 5.16. The van der Waals surface area contributed by atoms with Crippen molar-refractivity contribution < 1.29 is 4.74 Å². The molecule has 158 valence electrons. The summed E-state index contributed by atoms with van der Waals surface area (Å²) >= 11 is 0. The number of ether oxygens (including phenoxy) is 1. The third-order valence-electron chi connectivity index (χ3n) is 6.41. The maximum absolute atomic E-state index is 5.74. The monoisotopic (exact) mass is 406 g/mol. The van der Waals surface area contributed by atoms with Crippen LogP contribution in [0.4, 0.5) is 5.82 Å². The number of imidazole rings is 1. The van der Waals surface area contributed by atoms with Crippen LogP contribution >= 0.6 is 0 Å². The van der Waals surface area contributed by atoms with Crippen molar-refractivity contribution in [2.75, 3.05) is 50.8 Å². The van der Waals surface area contributed by atoms with Crippen LogP contribution in [0.25, 0.3) is 22.6 Å². The van der Waals surface area contributed by atoms with E-state index in [0.717, 1.165) is 79.9 Å². The largest absolute Gasteiger partial charge is 0.379 e. The van der Waals surface area contributed by atoms with Crippen molar-refractivity contribution in [3.63, 3.8) is 0 Å². The summed E-state index contributed by atoms with van der Waals surface area (Å²) < 4.78 is 8.05. The fraction of sp³-hybridized carbons (Fsp3) is 0.522. The number of piperazine rings is 1. The molecule has 30 heavy (non-hydrogen) atoms. The first-order valence-electron chi connectivity index (χ1n) is 11.0. The van der Waals surface area contributed by atoms with Gasteiger partial charge in [-0.25, -0.2) is 15.0 Å². The first kappa shape index (κ1) is 19.5. The van der Waals surface area contributed by atoms with Crippen LogP contribution in [0.3, 0.4) is 0 Å². The van der Waals surface area contributed by atoms with Crippen molar-refractivity contribution in [3.8, 4) is 11.4 Å². The number of nitrogens with zero attached hydrogens (tertiary/aromatic N) is 6. The van der Waals surface area contributed by atoms with Crippen molar-refractivity contribution in [1.29, 1.82) is 0 Å². The first-order chi connectivity index (χ1) is 14.7. The maximum Gasteiger partial charge on any atom is 0.166 e. The number of fused-ring (bicyclic) bond motifs is 1. The van der Waals surface area contributed by atoms with Gasteiger partial charge in [0.1, 0.15) is 11.6 Å². The molecule has 1 aromatic carbocycles. The molecule has 1 unspecified atom stereocenters. The molecule has 7 nitrogen and oxygen atoms in total. The molecule has 0 saturated carbocycles. The minimum Gasteiger partial charge on any atom is -0.379 e. The normalized spacial score (nSPS) is 20.4. The molecule has 4 heterocycles. The lowest BCUT2D eigenvalue weighted by molar-refractivity contribution is 0.187. The summed E-state index contributed by atoms with van der Waals surface area (Å²) in [7, 11) is 0. The van der Waals surface area contributed by atoms with Crippen LogP contribution in [0, 0.1) is 13.8 Å². The van der Waals surface area contributed by atoms with Gasteiger partial charge in [0.05, 0.1) is 12.6 Å². The number of hydrogen-bond acceptors (Lipinski definition) is 6. The average Bonchev–Trinajstić information content (AvgIpc) is 3.41. The Balaban J connectivity index is 1.68. The zero-order valence-electron chi connectivity index (χ0n) is 18.1. The van der Waals surface area contributed by atoms with Gasteiger partial charge in [0.25, 0.3) is 0 Å². The molecule has 2 fully saturated rings. The van der Waals surface area contributed by atoms with Gasteiger partial charge in [0, 0.05) is 38.3 Å². The highest BCUT2D eigenvalue weighted by molar-refractivity contribution is 5.87. The van der Waals surface area contributed by atoms with E-state index in [1.807, 2.05) is 6.92 Å². The number of hydrogen-bond donors (Lipinski definition) is 0. The first-order valence-corrected chi connectivity index (χ1v) is 11.0.